The zero-order chi connectivity index (χ0) is 20.1. The van der Waals surface area contributed by atoms with Crippen molar-refractivity contribution in [2.45, 2.75) is 25.1 Å². The number of nitrogens with zero attached hydrogens (tertiary/aromatic N) is 3. The van der Waals surface area contributed by atoms with E-state index >= 15 is 0 Å². The monoisotopic (exact) mass is 410 g/mol. The summed E-state index contributed by atoms with van der Waals surface area (Å²) < 4.78 is 38.7. The predicted octanol–water partition coefficient (Wildman–Crippen LogP) is 3.95. The fourth-order valence-electron chi connectivity index (χ4n) is 2.96. The van der Waals surface area contributed by atoms with Crippen molar-refractivity contribution in [3.63, 3.8) is 0 Å². The van der Waals surface area contributed by atoms with Gasteiger partial charge in [-0.25, -0.2) is 9.97 Å². The van der Waals surface area contributed by atoms with Gasteiger partial charge in [0, 0.05) is 37.6 Å². The van der Waals surface area contributed by atoms with Crippen LogP contribution in [0.1, 0.15) is 24.0 Å². The molecule has 148 valence electrons. The highest BCUT2D eigenvalue weighted by atomic mass is 35.5. The van der Waals surface area contributed by atoms with Crippen molar-refractivity contribution in [3.8, 4) is 0 Å². The van der Waals surface area contributed by atoms with Crippen LogP contribution in [0.25, 0.3) is 6.08 Å². The van der Waals surface area contributed by atoms with Crippen LogP contribution < -0.4 is 10.2 Å². The minimum Gasteiger partial charge on any atom is -0.350 e. The Hall–Kier alpha value is -2.61. The third kappa shape index (κ3) is 5.22. The lowest BCUT2D eigenvalue weighted by atomic mass is 10.1. The van der Waals surface area contributed by atoms with Crippen LogP contribution in [-0.2, 0) is 11.0 Å². The fraction of sp³-hybridized carbons (Fsp3) is 0.316. The molecule has 0 saturated carbocycles. The van der Waals surface area contributed by atoms with E-state index in [1.807, 2.05) is 4.90 Å². The highest BCUT2D eigenvalue weighted by molar-refractivity contribution is 6.31. The first-order chi connectivity index (χ1) is 13.3. The van der Waals surface area contributed by atoms with Gasteiger partial charge >= 0.3 is 6.18 Å². The molecule has 3 rings (SSSR count). The number of anilines is 1. The second kappa shape index (κ2) is 8.60. The molecule has 0 atom stereocenters. The van der Waals surface area contributed by atoms with E-state index < -0.39 is 11.7 Å². The maximum Gasteiger partial charge on any atom is 0.417 e. The van der Waals surface area contributed by atoms with E-state index in [-0.39, 0.29) is 22.5 Å². The quantitative estimate of drug-likeness (QED) is 0.775. The van der Waals surface area contributed by atoms with Gasteiger partial charge in [-0.15, -0.1) is 0 Å². The lowest BCUT2D eigenvalue weighted by molar-refractivity contribution is -0.137. The molecule has 0 bridgehead atoms. The predicted molar refractivity (Wildman–Crippen MR) is 101 cm³/mol. The molecule has 28 heavy (non-hydrogen) atoms. The molecule has 1 aromatic carbocycles. The van der Waals surface area contributed by atoms with Gasteiger partial charge in [0.15, 0.2) is 0 Å². The van der Waals surface area contributed by atoms with Gasteiger partial charge in [-0.1, -0.05) is 17.7 Å². The molecule has 1 aliphatic heterocycles. The number of aromatic nitrogens is 2. The first-order valence-electron chi connectivity index (χ1n) is 8.70. The van der Waals surface area contributed by atoms with E-state index in [1.54, 1.807) is 18.5 Å². The molecule has 2 aromatic rings. The molecule has 0 spiro atoms. The number of piperidine rings is 1. The molecule has 2 heterocycles. The zero-order valence-corrected chi connectivity index (χ0v) is 15.5. The number of hydrogen-bond acceptors (Lipinski definition) is 4. The van der Waals surface area contributed by atoms with Gasteiger partial charge in [0.05, 0.1) is 10.6 Å². The largest absolute Gasteiger partial charge is 0.417 e. The average Bonchev–Trinajstić information content (AvgIpc) is 2.68. The molecule has 1 aromatic heterocycles. The van der Waals surface area contributed by atoms with Crippen molar-refractivity contribution in [1.29, 1.82) is 0 Å². The normalized spacial score (nSPS) is 15.8. The number of halogens is 4. The number of amides is 1. The van der Waals surface area contributed by atoms with Crippen LogP contribution in [0.4, 0.5) is 19.1 Å². The number of alkyl halides is 3. The summed E-state index contributed by atoms with van der Waals surface area (Å²) in [6, 6.07) is 5.27. The lowest BCUT2D eigenvalue weighted by Crippen LogP contribution is -2.44. The van der Waals surface area contributed by atoms with Crippen LogP contribution in [0.3, 0.4) is 0 Å². The molecule has 5 nitrogen and oxygen atoms in total. The van der Waals surface area contributed by atoms with Crippen LogP contribution in [-0.4, -0.2) is 35.0 Å². The number of benzene rings is 1. The van der Waals surface area contributed by atoms with Crippen LogP contribution in [0.2, 0.25) is 5.02 Å². The van der Waals surface area contributed by atoms with E-state index in [9.17, 15) is 18.0 Å². The molecule has 0 radical (unpaired) electrons. The molecule has 9 heteroatoms. The first-order valence-corrected chi connectivity index (χ1v) is 9.08. The standard InChI is InChI=1S/C19H18ClF3N4O/c20-16-4-2-13(12-15(16)19(21,22)23)3-5-17(28)26-14-6-10-27(11-7-14)18-24-8-1-9-25-18/h1-5,8-9,12,14H,6-7,10-11H2,(H,26,28)/b5-3-. The maximum absolute atomic E-state index is 12.9. The summed E-state index contributed by atoms with van der Waals surface area (Å²) in [6.07, 6.45) is 2.86. The molecule has 1 N–H and O–H groups in total. The number of nitrogens with one attached hydrogen (secondary N) is 1. The average molecular weight is 411 g/mol. The highest BCUT2D eigenvalue weighted by Gasteiger charge is 2.33. The van der Waals surface area contributed by atoms with Gasteiger partial charge in [0.1, 0.15) is 0 Å². The lowest BCUT2D eigenvalue weighted by Gasteiger charge is -2.32. The Morgan fingerprint density at radius 2 is 1.89 bits per heavy atom. The van der Waals surface area contributed by atoms with Crippen LogP contribution in [0.15, 0.2) is 42.7 Å². The van der Waals surface area contributed by atoms with Gasteiger partial charge in [-0.3, -0.25) is 4.79 Å². The summed E-state index contributed by atoms with van der Waals surface area (Å²) in [5, 5.41) is 2.50. The Kier molecular flexibility index (Phi) is 6.18. The van der Waals surface area contributed by atoms with Crippen molar-refractivity contribution in [2.75, 3.05) is 18.0 Å². The number of rotatable bonds is 4. The number of carbonyl (C=O) groups is 1. The third-order valence-corrected chi connectivity index (χ3v) is 4.73. The van der Waals surface area contributed by atoms with Crippen molar-refractivity contribution in [2.24, 2.45) is 0 Å². The van der Waals surface area contributed by atoms with Crippen molar-refractivity contribution in [1.82, 2.24) is 15.3 Å². The summed E-state index contributed by atoms with van der Waals surface area (Å²) in [7, 11) is 0. The molecule has 1 amide bonds. The van der Waals surface area contributed by atoms with Crippen molar-refractivity contribution < 1.29 is 18.0 Å². The Balaban J connectivity index is 1.54. The number of hydrogen-bond donors (Lipinski definition) is 1. The Labute approximate surface area is 165 Å². The number of carbonyl (C=O) groups excluding carboxylic acids is 1. The molecule has 1 fully saturated rings. The minimum atomic E-state index is -4.54. The van der Waals surface area contributed by atoms with E-state index in [2.05, 4.69) is 15.3 Å². The van der Waals surface area contributed by atoms with Crippen LogP contribution in [0, 0.1) is 0 Å². The van der Waals surface area contributed by atoms with E-state index in [0.717, 1.165) is 18.9 Å². The van der Waals surface area contributed by atoms with Crippen LogP contribution in [0.5, 0.6) is 0 Å². The van der Waals surface area contributed by atoms with Gasteiger partial charge < -0.3 is 10.2 Å². The Bertz CT molecular complexity index is 850. The van der Waals surface area contributed by atoms with Gasteiger partial charge in [-0.2, -0.15) is 13.2 Å². The highest BCUT2D eigenvalue weighted by Crippen LogP contribution is 2.35. The van der Waals surface area contributed by atoms with Gasteiger partial charge in [-0.05, 0) is 42.7 Å². The van der Waals surface area contributed by atoms with Crippen LogP contribution >= 0.6 is 11.6 Å². The molecule has 1 aliphatic rings. The topological polar surface area (TPSA) is 58.1 Å². The summed E-state index contributed by atoms with van der Waals surface area (Å²) >= 11 is 5.59. The minimum absolute atomic E-state index is 0.00642. The smallest absolute Gasteiger partial charge is 0.350 e. The molecule has 0 aliphatic carbocycles. The SMILES string of the molecule is O=C(/C=C\c1ccc(Cl)c(C(F)(F)F)c1)NC1CCN(c2ncccn2)CC1. The first kappa shape index (κ1) is 20.1. The van der Waals surface area contributed by atoms with Crippen molar-refractivity contribution >= 4 is 29.5 Å². The Morgan fingerprint density at radius 3 is 2.54 bits per heavy atom. The zero-order valence-electron chi connectivity index (χ0n) is 14.8. The summed E-state index contributed by atoms with van der Waals surface area (Å²) in [5.41, 5.74) is -0.671. The van der Waals surface area contributed by atoms with E-state index in [0.29, 0.717) is 19.0 Å². The second-order valence-electron chi connectivity index (χ2n) is 6.39. The maximum atomic E-state index is 12.9. The van der Waals surface area contributed by atoms with E-state index in [4.69, 9.17) is 11.6 Å². The molecular formula is C19H18ClF3N4O. The summed E-state index contributed by atoms with van der Waals surface area (Å²) in [4.78, 5) is 22.6. The third-order valence-electron chi connectivity index (χ3n) is 4.40. The second-order valence-corrected chi connectivity index (χ2v) is 6.80. The summed E-state index contributed by atoms with van der Waals surface area (Å²) in [5.74, 6) is 0.313. The van der Waals surface area contributed by atoms with Gasteiger partial charge in [0.2, 0.25) is 11.9 Å². The molecular weight excluding hydrogens is 393 g/mol. The van der Waals surface area contributed by atoms with E-state index in [1.165, 1.54) is 24.3 Å². The molecule has 1 saturated heterocycles. The van der Waals surface area contributed by atoms with Crippen molar-refractivity contribution in [3.05, 3.63) is 58.9 Å². The summed E-state index contributed by atoms with van der Waals surface area (Å²) in [6.45, 7) is 1.43. The fourth-order valence-corrected chi connectivity index (χ4v) is 3.19. The Morgan fingerprint density at radius 1 is 1.21 bits per heavy atom. The molecule has 0 unspecified atom stereocenters. The van der Waals surface area contributed by atoms with Gasteiger partial charge in [0.25, 0.3) is 0 Å².